The average molecular weight is 214 g/mol. The second-order valence-corrected chi connectivity index (χ2v) is 3.74. The first-order valence-corrected chi connectivity index (χ1v) is 5.52. The Hall–Kier alpha value is -0.830. The van der Waals surface area contributed by atoms with Crippen LogP contribution in [0, 0.1) is 0 Å². The van der Waals surface area contributed by atoms with Crippen LogP contribution >= 0.6 is 0 Å². The first kappa shape index (κ1) is 14.2. The molecule has 0 rings (SSSR count). The average Bonchev–Trinajstić information content (AvgIpc) is 2.20. The molecule has 15 heavy (non-hydrogen) atoms. The lowest BCUT2D eigenvalue weighted by Crippen LogP contribution is -2.15. The number of unbranched alkanes of at least 4 members (excludes halogenated alkanes) is 1. The molecule has 3 nitrogen and oxygen atoms in total. The smallest absolute Gasteiger partial charge is 0.333 e. The molecule has 0 aromatic heterocycles. The highest BCUT2D eigenvalue weighted by Crippen LogP contribution is 2.03. The number of carbonyl (C=O) groups excluding carboxylic acids is 1. The Balaban J connectivity index is 3.37. The fourth-order valence-corrected chi connectivity index (χ4v) is 1.08. The molecule has 0 saturated heterocycles. The van der Waals surface area contributed by atoms with Crippen LogP contribution in [0.2, 0.25) is 0 Å². The molecule has 0 N–H and O–H groups in total. The summed E-state index contributed by atoms with van der Waals surface area (Å²) in [6.07, 6.45) is 3.66. The largest absolute Gasteiger partial charge is 0.460 e. The van der Waals surface area contributed by atoms with Crippen LogP contribution in [-0.4, -0.2) is 25.3 Å². The van der Waals surface area contributed by atoms with Crippen LogP contribution < -0.4 is 0 Å². The van der Waals surface area contributed by atoms with Crippen LogP contribution in [0.15, 0.2) is 12.2 Å². The number of hydrogen-bond donors (Lipinski definition) is 0. The van der Waals surface area contributed by atoms with Gasteiger partial charge in [0.2, 0.25) is 0 Å². The molecule has 0 aromatic carbocycles. The Morgan fingerprint density at radius 1 is 1.40 bits per heavy atom. The van der Waals surface area contributed by atoms with Crippen LogP contribution in [0.3, 0.4) is 0 Å². The molecule has 0 spiro atoms. The Morgan fingerprint density at radius 2 is 2.07 bits per heavy atom. The highest BCUT2D eigenvalue weighted by molar-refractivity contribution is 5.86. The lowest BCUT2D eigenvalue weighted by molar-refractivity contribution is -0.141. The maximum atomic E-state index is 11.0. The van der Waals surface area contributed by atoms with Crippen molar-refractivity contribution in [2.24, 2.45) is 0 Å². The van der Waals surface area contributed by atoms with Gasteiger partial charge in [0, 0.05) is 5.57 Å². The predicted molar refractivity (Wildman–Crippen MR) is 60.7 cm³/mol. The van der Waals surface area contributed by atoms with Crippen LogP contribution in [0.4, 0.5) is 0 Å². The molecule has 0 heterocycles. The van der Waals surface area contributed by atoms with E-state index in [1.165, 1.54) is 12.8 Å². The summed E-state index contributed by atoms with van der Waals surface area (Å²) in [6.45, 7) is 10.1. The molecule has 0 aromatic rings. The van der Waals surface area contributed by atoms with Gasteiger partial charge in [-0.15, -0.1) is 0 Å². The third-order valence-electron chi connectivity index (χ3n) is 2.03. The van der Waals surface area contributed by atoms with E-state index in [1.54, 1.807) is 6.92 Å². The van der Waals surface area contributed by atoms with Crippen molar-refractivity contribution < 1.29 is 14.3 Å². The van der Waals surface area contributed by atoms with Crippen molar-refractivity contribution in [3.8, 4) is 0 Å². The minimum Gasteiger partial charge on any atom is -0.460 e. The van der Waals surface area contributed by atoms with E-state index < -0.39 is 0 Å². The van der Waals surface area contributed by atoms with Crippen LogP contribution in [0.25, 0.3) is 0 Å². The number of hydrogen-bond acceptors (Lipinski definition) is 3. The molecule has 88 valence electrons. The van der Waals surface area contributed by atoms with E-state index in [0.29, 0.717) is 18.8 Å². The molecular formula is C12H22O3. The van der Waals surface area contributed by atoms with Gasteiger partial charge >= 0.3 is 5.97 Å². The van der Waals surface area contributed by atoms with Gasteiger partial charge in [-0.25, -0.2) is 4.79 Å². The third kappa shape index (κ3) is 8.18. The SMILES string of the molecule is C=C(C)C(=O)OCCOC(C)CCCC. The van der Waals surface area contributed by atoms with E-state index in [-0.39, 0.29) is 12.1 Å². The Bertz CT molecular complexity index is 199. The van der Waals surface area contributed by atoms with Crippen molar-refractivity contribution in [3.05, 3.63) is 12.2 Å². The lowest BCUT2D eigenvalue weighted by Gasteiger charge is -2.12. The van der Waals surface area contributed by atoms with E-state index in [4.69, 9.17) is 9.47 Å². The molecule has 0 bridgehead atoms. The van der Waals surface area contributed by atoms with Gasteiger partial charge in [0.05, 0.1) is 12.7 Å². The van der Waals surface area contributed by atoms with E-state index >= 15 is 0 Å². The van der Waals surface area contributed by atoms with Gasteiger partial charge in [-0.3, -0.25) is 0 Å². The van der Waals surface area contributed by atoms with Crippen molar-refractivity contribution in [2.75, 3.05) is 13.2 Å². The van der Waals surface area contributed by atoms with Crippen molar-refractivity contribution in [1.29, 1.82) is 0 Å². The summed E-state index contributed by atoms with van der Waals surface area (Å²) in [6, 6.07) is 0. The van der Waals surface area contributed by atoms with Gasteiger partial charge in [0.15, 0.2) is 0 Å². The summed E-state index contributed by atoms with van der Waals surface area (Å²) >= 11 is 0. The monoisotopic (exact) mass is 214 g/mol. The number of ether oxygens (including phenoxy) is 2. The molecule has 0 aliphatic rings. The molecule has 0 aliphatic heterocycles. The van der Waals surface area contributed by atoms with Crippen LogP contribution in [0.1, 0.15) is 40.0 Å². The molecule has 1 atom stereocenters. The Kier molecular flexibility index (Phi) is 8.01. The van der Waals surface area contributed by atoms with Crippen molar-refractivity contribution in [1.82, 2.24) is 0 Å². The van der Waals surface area contributed by atoms with E-state index in [2.05, 4.69) is 13.5 Å². The number of rotatable bonds is 8. The first-order chi connectivity index (χ1) is 7.07. The number of carbonyl (C=O) groups is 1. The van der Waals surface area contributed by atoms with Crippen LogP contribution in [-0.2, 0) is 14.3 Å². The van der Waals surface area contributed by atoms with Crippen molar-refractivity contribution in [2.45, 2.75) is 46.1 Å². The zero-order chi connectivity index (χ0) is 11.7. The van der Waals surface area contributed by atoms with Gasteiger partial charge in [0.1, 0.15) is 6.61 Å². The fourth-order valence-electron chi connectivity index (χ4n) is 1.08. The van der Waals surface area contributed by atoms with E-state index in [0.717, 1.165) is 6.42 Å². The summed E-state index contributed by atoms with van der Waals surface area (Å²) in [5, 5.41) is 0. The second kappa shape index (κ2) is 8.48. The maximum Gasteiger partial charge on any atom is 0.333 e. The molecule has 3 heteroatoms. The molecule has 0 amide bonds. The quantitative estimate of drug-likeness (QED) is 0.354. The highest BCUT2D eigenvalue weighted by atomic mass is 16.6. The topological polar surface area (TPSA) is 35.5 Å². The summed E-state index contributed by atoms with van der Waals surface area (Å²) < 4.78 is 10.4. The Labute approximate surface area is 92.5 Å². The summed E-state index contributed by atoms with van der Waals surface area (Å²) in [4.78, 5) is 11.0. The van der Waals surface area contributed by atoms with Gasteiger partial charge in [0.25, 0.3) is 0 Å². The first-order valence-electron chi connectivity index (χ1n) is 5.52. The maximum absolute atomic E-state index is 11.0. The second-order valence-electron chi connectivity index (χ2n) is 3.74. The lowest BCUT2D eigenvalue weighted by atomic mass is 10.2. The normalized spacial score (nSPS) is 12.2. The molecular weight excluding hydrogens is 192 g/mol. The minimum absolute atomic E-state index is 0.244. The zero-order valence-corrected chi connectivity index (χ0v) is 10.0. The van der Waals surface area contributed by atoms with Gasteiger partial charge in [-0.1, -0.05) is 26.3 Å². The molecule has 0 aliphatic carbocycles. The molecule has 0 saturated carbocycles. The fraction of sp³-hybridized carbons (Fsp3) is 0.750. The zero-order valence-electron chi connectivity index (χ0n) is 10.0. The molecule has 0 radical (unpaired) electrons. The summed E-state index contributed by atoms with van der Waals surface area (Å²) in [5.41, 5.74) is 0.425. The van der Waals surface area contributed by atoms with Gasteiger partial charge in [-0.05, 0) is 20.3 Å². The molecule has 1 unspecified atom stereocenters. The number of esters is 1. The minimum atomic E-state index is -0.347. The van der Waals surface area contributed by atoms with Crippen molar-refractivity contribution >= 4 is 5.97 Å². The third-order valence-corrected chi connectivity index (χ3v) is 2.03. The highest BCUT2D eigenvalue weighted by Gasteiger charge is 2.04. The van der Waals surface area contributed by atoms with E-state index in [9.17, 15) is 4.79 Å². The Morgan fingerprint density at radius 3 is 2.60 bits per heavy atom. The molecule has 0 fully saturated rings. The standard InChI is InChI=1S/C12H22O3/c1-5-6-7-11(4)14-8-9-15-12(13)10(2)3/h11H,2,5-9H2,1,3-4H3. The van der Waals surface area contributed by atoms with Crippen molar-refractivity contribution in [3.63, 3.8) is 0 Å². The van der Waals surface area contributed by atoms with E-state index in [1.807, 2.05) is 6.92 Å². The predicted octanol–water partition coefficient (Wildman–Crippen LogP) is 2.70. The van der Waals surface area contributed by atoms with Crippen LogP contribution in [0.5, 0.6) is 0 Å². The summed E-state index contributed by atoms with van der Waals surface area (Å²) in [7, 11) is 0. The van der Waals surface area contributed by atoms with Gasteiger partial charge < -0.3 is 9.47 Å². The van der Waals surface area contributed by atoms with Gasteiger partial charge in [-0.2, -0.15) is 0 Å². The summed E-state index contributed by atoms with van der Waals surface area (Å²) in [5.74, 6) is -0.347.